The second-order valence-corrected chi connectivity index (χ2v) is 5.57. The van der Waals surface area contributed by atoms with Gasteiger partial charge in [-0.05, 0) is 36.2 Å². The van der Waals surface area contributed by atoms with Crippen LogP contribution in [0.5, 0.6) is 0 Å². The number of carbonyl (C=O) groups excluding carboxylic acids is 2. The number of fused-ring (bicyclic) bond motifs is 1. The van der Waals surface area contributed by atoms with E-state index in [4.69, 9.17) is 0 Å². The van der Waals surface area contributed by atoms with Gasteiger partial charge in [-0.2, -0.15) is 0 Å². The van der Waals surface area contributed by atoms with Crippen molar-refractivity contribution in [1.82, 2.24) is 15.3 Å². The summed E-state index contributed by atoms with van der Waals surface area (Å²) in [5.74, 6) is -0.331. The van der Waals surface area contributed by atoms with E-state index in [-0.39, 0.29) is 17.5 Å². The lowest BCUT2D eigenvalue weighted by molar-refractivity contribution is -0.120. The highest BCUT2D eigenvalue weighted by Crippen LogP contribution is 2.14. The summed E-state index contributed by atoms with van der Waals surface area (Å²) >= 11 is 0. The summed E-state index contributed by atoms with van der Waals surface area (Å²) in [6.45, 7) is 0. The van der Waals surface area contributed by atoms with Crippen molar-refractivity contribution >= 4 is 28.5 Å². The molecule has 0 aliphatic rings. The molecule has 2 amide bonds. The normalized spacial score (nSPS) is 10.4. The average molecular weight is 334 g/mol. The molecule has 3 rings (SSSR count). The fourth-order valence-corrected chi connectivity index (χ4v) is 2.45. The molecule has 0 aliphatic heterocycles. The number of para-hydroxylation sites is 2. The Labute approximate surface area is 145 Å². The van der Waals surface area contributed by atoms with E-state index in [2.05, 4.69) is 20.6 Å². The fraction of sp³-hybridized carbons (Fsp3) is 0.158. The molecule has 0 saturated carbocycles. The number of hydrogen-bond donors (Lipinski definition) is 2. The van der Waals surface area contributed by atoms with Crippen LogP contribution >= 0.6 is 0 Å². The molecule has 0 atom stereocenters. The summed E-state index contributed by atoms with van der Waals surface area (Å²) in [6.07, 6.45) is 2.48. The van der Waals surface area contributed by atoms with Crippen LogP contribution < -0.4 is 10.6 Å². The minimum atomic E-state index is -0.318. The number of benzene rings is 2. The Morgan fingerprint density at radius 1 is 1.04 bits per heavy atom. The molecule has 0 saturated heterocycles. The zero-order valence-corrected chi connectivity index (χ0v) is 13.8. The number of rotatable bonds is 5. The summed E-state index contributed by atoms with van der Waals surface area (Å²) < 4.78 is 0. The topological polar surface area (TPSA) is 84.0 Å². The Kier molecular flexibility index (Phi) is 4.99. The summed E-state index contributed by atoms with van der Waals surface area (Å²) in [5.41, 5.74) is 3.32. The van der Waals surface area contributed by atoms with Gasteiger partial charge in [0.15, 0.2) is 0 Å². The number of anilines is 1. The smallest absolute Gasteiger partial charge is 0.275 e. The minimum Gasteiger partial charge on any atom is -0.359 e. The van der Waals surface area contributed by atoms with Crippen molar-refractivity contribution in [2.75, 3.05) is 12.4 Å². The van der Waals surface area contributed by atoms with E-state index in [9.17, 15) is 9.59 Å². The van der Waals surface area contributed by atoms with Gasteiger partial charge in [-0.15, -0.1) is 0 Å². The monoisotopic (exact) mass is 334 g/mol. The molecular formula is C19H18N4O2. The van der Waals surface area contributed by atoms with Gasteiger partial charge >= 0.3 is 0 Å². The standard InChI is InChI=1S/C19H18N4O2/c1-20-18(24)10-9-13-5-4-6-14(11-13)22-19(25)17-12-21-15-7-2-3-8-16(15)23-17/h2-8,11-12H,9-10H2,1H3,(H,20,24)(H,22,25). The van der Waals surface area contributed by atoms with Crippen LogP contribution in [-0.2, 0) is 11.2 Å². The van der Waals surface area contributed by atoms with Gasteiger partial charge in [0.1, 0.15) is 5.69 Å². The molecule has 6 nitrogen and oxygen atoms in total. The Balaban J connectivity index is 1.72. The van der Waals surface area contributed by atoms with E-state index in [1.807, 2.05) is 42.5 Å². The molecule has 6 heteroatoms. The van der Waals surface area contributed by atoms with Crippen molar-refractivity contribution in [1.29, 1.82) is 0 Å². The second-order valence-electron chi connectivity index (χ2n) is 5.57. The Bertz CT molecular complexity index is 924. The third kappa shape index (κ3) is 4.17. The maximum absolute atomic E-state index is 12.4. The number of hydrogen-bond acceptors (Lipinski definition) is 4. The van der Waals surface area contributed by atoms with Crippen LogP contribution in [0.4, 0.5) is 5.69 Å². The quantitative estimate of drug-likeness (QED) is 0.751. The summed E-state index contributed by atoms with van der Waals surface area (Å²) in [6, 6.07) is 14.8. The average Bonchev–Trinajstić information content (AvgIpc) is 2.66. The van der Waals surface area contributed by atoms with E-state index in [1.165, 1.54) is 6.20 Å². The van der Waals surface area contributed by atoms with E-state index in [0.29, 0.717) is 24.0 Å². The van der Waals surface area contributed by atoms with Crippen LogP contribution in [0.2, 0.25) is 0 Å². The number of aryl methyl sites for hydroxylation is 1. The number of nitrogens with zero attached hydrogens (tertiary/aromatic N) is 2. The minimum absolute atomic E-state index is 0.0131. The van der Waals surface area contributed by atoms with Gasteiger partial charge in [0.2, 0.25) is 5.91 Å². The van der Waals surface area contributed by atoms with Crippen molar-refractivity contribution in [3.05, 3.63) is 66.0 Å². The third-order valence-corrected chi connectivity index (χ3v) is 3.79. The van der Waals surface area contributed by atoms with Crippen LogP contribution in [0.3, 0.4) is 0 Å². The number of amides is 2. The lowest BCUT2D eigenvalue weighted by atomic mass is 10.1. The lowest BCUT2D eigenvalue weighted by Gasteiger charge is -2.07. The predicted molar refractivity (Wildman–Crippen MR) is 96.3 cm³/mol. The maximum atomic E-state index is 12.4. The van der Waals surface area contributed by atoms with Crippen LogP contribution in [0, 0.1) is 0 Å². The number of carbonyl (C=O) groups is 2. The molecule has 126 valence electrons. The molecule has 1 aromatic heterocycles. The third-order valence-electron chi connectivity index (χ3n) is 3.79. The van der Waals surface area contributed by atoms with Crippen molar-refractivity contribution in [2.24, 2.45) is 0 Å². The number of nitrogens with one attached hydrogen (secondary N) is 2. The van der Waals surface area contributed by atoms with Gasteiger partial charge in [0.25, 0.3) is 5.91 Å². The van der Waals surface area contributed by atoms with Crippen molar-refractivity contribution < 1.29 is 9.59 Å². The first-order valence-electron chi connectivity index (χ1n) is 7.98. The Morgan fingerprint density at radius 3 is 2.64 bits per heavy atom. The first-order chi connectivity index (χ1) is 12.2. The van der Waals surface area contributed by atoms with Gasteiger partial charge < -0.3 is 10.6 Å². The van der Waals surface area contributed by atoms with E-state index in [0.717, 1.165) is 11.1 Å². The summed E-state index contributed by atoms with van der Waals surface area (Å²) in [5, 5.41) is 5.42. The Morgan fingerprint density at radius 2 is 1.84 bits per heavy atom. The molecule has 2 N–H and O–H groups in total. The molecule has 1 heterocycles. The van der Waals surface area contributed by atoms with Gasteiger partial charge in [-0.3, -0.25) is 14.6 Å². The molecule has 25 heavy (non-hydrogen) atoms. The van der Waals surface area contributed by atoms with Gasteiger partial charge in [0, 0.05) is 19.2 Å². The SMILES string of the molecule is CNC(=O)CCc1cccc(NC(=O)c2cnc3ccccc3n2)c1. The maximum Gasteiger partial charge on any atom is 0.275 e. The number of aromatic nitrogens is 2. The lowest BCUT2D eigenvalue weighted by Crippen LogP contribution is -2.18. The first kappa shape index (κ1) is 16.6. The molecule has 0 bridgehead atoms. The van der Waals surface area contributed by atoms with Crippen LogP contribution in [0.25, 0.3) is 11.0 Å². The molecule has 0 fully saturated rings. The molecule has 0 spiro atoms. The van der Waals surface area contributed by atoms with Gasteiger partial charge in [-0.25, -0.2) is 4.98 Å². The second kappa shape index (κ2) is 7.53. The molecular weight excluding hydrogens is 316 g/mol. The molecule has 0 unspecified atom stereocenters. The summed E-state index contributed by atoms with van der Waals surface area (Å²) in [4.78, 5) is 32.3. The highest BCUT2D eigenvalue weighted by Gasteiger charge is 2.10. The van der Waals surface area contributed by atoms with E-state index < -0.39 is 0 Å². The molecule has 0 radical (unpaired) electrons. The van der Waals surface area contributed by atoms with Crippen molar-refractivity contribution in [2.45, 2.75) is 12.8 Å². The zero-order valence-electron chi connectivity index (χ0n) is 13.8. The predicted octanol–water partition coefficient (Wildman–Crippen LogP) is 2.56. The highest BCUT2D eigenvalue weighted by molar-refractivity contribution is 6.03. The fourth-order valence-electron chi connectivity index (χ4n) is 2.45. The summed E-state index contributed by atoms with van der Waals surface area (Å²) in [7, 11) is 1.61. The van der Waals surface area contributed by atoms with E-state index >= 15 is 0 Å². The van der Waals surface area contributed by atoms with Gasteiger partial charge in [-0.1, -0.05) is 24.3 Å². The zero-order chi connectivity index (χ0) is 17.6. The highest BCUT2D eigenvalue weighted by atomic mass is 16.2. The van der Waals surface area contributed by atoms with Gasteiger partial charge in [0.05, 0.1) is 17.2 Å². The van der Waals surface area contributed by atoms with Crippen LogP contribution in [0.15, 0.2) is 54.7 Å². The largest absolute Gasteiger partial charge is 0.359 e. The van der Waals surface area contributed by atoms with Crippen LogP contribution in [0.1, 0.15) is 22.5 Å². The molecule has 3 aromatic rings. The molecule has 2 aromatic carbocycles. The van der Waals surface area contributed by atoms with Crippen molar-refractivity contribution in [3.63, 3.8) is 0 Å². The van der Waals surface area contributed by atoms with Crippen LogP contribution in [-0.4, -0.2) is 28.8 Å². The van der Waals surface area contributed by atoms with E-state index in [1.54, 1.807) is 13.1 Å². The van der Waals surface area contributed by atoms with Crippen molar-refractivity contribution in [3.8, 4) is 0 Å². The Hall–Kier alpha value is -3.28. The first-order valence-corrected chi connectivity index (χ1v) is 7.98. The molecule has 0 aliphatic carbocycles.